The highest BCUT2D eigenvalue weighted by Gasteiger charge is 2.43. The molecule has 0 spiro atoms. The number of imide groups is 1. The summed E-state index contributed by atoms with van der Waals surface area (Å²) < 4.78 is 0. The van der Waals surface area contributed by atoms with E-state index in [9.17, 15) is 19.5 Å². The van der Waals surface area contributed by atoms with E-state index in [1.54, 1.807) is 4.90 Å². The molecule has 0 saturated carbocycles. The van der Waals surface area contributed by atoms with Gasteiger partial charge in [0, 0.05) is 44.2 Å². The molecule has 8 heteroatoms. The molecule has 4 unspecified atom stereocenters. The molecule has 3 fully saturated rings. The van der Waals surface area contributed by atoms with Gasteiger partial charge >= 0.3 is 0 Å². The SMILES string of the molecule is O=C1CCC(N2Cc3cccc(CN4CC5CNC(CO)C5C4)c3C2=O)C(=O)N1. The van der Waals surface area contributed by atoms with Crippen LogP contribution in [0.15, 0.2) is 18.2 Å². The lowest BCUT2D eigenvalue weighted by atomic mass is 9.95. The number of likely N-dealkylation sites (tertiary alicyclic amines) is 1. The van der Waals surface area contributed by atoms with E-state index in [2.05, 4.69) is 15.5 Å². The van der Waals surface area contributed by atoms with Gasteiger partial charge in [-0.3, -0.25) is 24.6 Å². The van der Waals surface area contributed by atoms with E-state index < -0.39 is 6.04 Å². The van der Waals surface area contributed by atoms with Crippen molar-refractivity contribution in [2.24, 2.45) is 11.8 Å². The van der Waals surface area contributed by atoms with Crippen molar-refractivity contribution in [1.29, 1.82) is 0 Å². The summed E-state index contributed by atoms with van der Waals surface area (Å²) >= 11 is 0. The second kappa shape index (κ2) is 7.19. The molecule has 1 aromatic carbocycles. The molecule has 4 atom stereocenters. The van der Waals surface area contributed by atoms with Crippen molar-refractivity contribution in [2.75, 3.05) is 26.2 Å². The average Bonchev–Trinajstić information content (AvgIpc) is 3.35. The fourth-order valence-corrected chi connectivity index (χ4v) is 5.51. The normalized spacial score (nSPS) is 31.9. The number of carbonyl (C=O) groups excluding carboxylic acids is 3. The Morgan fingerprint density at radius 2 is 2.03 bits per heavy atom. The molecule has 154 valence electrons. The number of hydrogen-bond donors (Lipinski definition) is 3. The van der Waals surface area contributed by atoms with Crippen LogP contribution in [0.1, 0.15) is 34.3 Å². The third kappa shape index (κ3) is 3.15. The molecule has 0 radical (unpaired) electrons. The molecule has 0 aromatic heterocycles. The second-order valence-corrected chi connectivity index (χ2v) is 8.67. The predicted octanol–water partition coefficient (Wildman–Crippen LogP) is -0.540. The summed E-state index contributed by atoms with van der Waals surface area (Å²) in [5.41, 5.74) is 2.66. The number of amides is 3. The number of fused-ring (bicyclic) bond motifs is 2. The van der Waals surface area contributed by atoms with Crippen molar-refractivity contribution in [3.63, 3.8) is 0 Å². The third-order valence-corrected chi connectivity index (χ3v) is 6.96. The molecular weight excluding hydrogens is 372 g/mol. The Labute approximate surface area is 169 Å². The summed E-state index contributed by atoms with van der Waals surface area (Å²) in [6.07, 6.45) is 0.644. The van der Waals surface area contributed by atoms with Gasteiger partial charge in [-0.05, 0) is 35.9 Å². The molecule has 0 bridgehead atoms. The third-order valence-electron chi connectivity index (χ3n) is 6.96. The van der Waals surface area contributed by atoms with Crippen molar-refractivity contribution >= 4 is 17.7 Å². The van der Waals surface area contributed by atoms with E-state index in [4.69, 9.17) is 0 Å². The van der Waals surface area contributed by atoms with Crippen LogP contribution >= 0.6 is 0 Å². The van der Waals surface area contributed by atoms with Crippen molar-refractivity contribution in [3.05, 3.63) is 34.9 Å². The number of piperidine rings is 1. The Morgan fingerprint density at radius 3 is 2.83 bits per heavy atom. The number of aliphatic hydroxyl groups excluding tert-OH is 1. The van der Waals surface area contributed by atoms with Gasteiger partial charge < -0.3 is 15.3 Å². The minimum absolute atomic E-state index is 0.112. The zero-order valence-corrected chi connectivity index (χ0v) is 16.3. The Kier molecular flexibility index (Phi) is 4.64. The van der Waals surface area contributed by atoms with Crippen LogP contribution in [0.25, 0.3) is 0 Å². The highest BCUT2D eigenvalue weighted by Crippen LogP contribution is 2.34. The van der Waals surface area contributed by atoms with Gasteiger partial charge in [-0.1, -0.05) is 18.2 Å². The molecule has 1 aromatic rings. The molecule has 4 aliphatic heterocycles. The molecule has 5 rings (SSSR count). The smallest absolute Gasteiger partial charge is 0.255 e. The van der Waals surface area contributed by atoms with E-state index in [0.717, 1.165) is 30.8 Å². The molecule has 3 saturated heterocycles. The van der Waals surface area contributed by atoms with Gasteiger partial charge in [0.1, 0.15) is 6.04 Å². The summed E-state index contributed by atoms with van der Waals surface area (Å²) in [5, 5.41) is 15.3. The highest BCUT2D eigenvalue weighted by atomic mass is 16.3. The lowest BCUT2D eigenvalue weighted by molar-refractivity contribution is -0.136. The van der Waals surface area contributed by atoms with Crippen LogP contribution in [-0.4, -0.2) is 71.0 Å². The molecule has 0 aliphatic carbocycles. The lowest BCUT2D eigenvalue weighted by Crippen LogP contribution is -2.52. The molecule has 8 nitrogen and oxygen atoms in total. The monoisotopic (exact) mass is 398 g/mol. The van der Waals surface area contributed by atoms with Crippen LogP contribution in [0.4, 0.5) is 0 Å². The standard InChI is InChI=1S/C21H26N4O4/c26-11-16-15-10-24(8-14(15)6-22-16)7-12-2-1-3-13-9-25(21(29)19(12)13)17-4-5-18(27)23-20(17)28/h1-3,14-17,22,26H,4-11H2,(H,23,27,28). The van der Waals surface area contributed by atoms with E-state index in [-0.39, 0.29) is 36.8 Å². The van der Waals surface area contributed by atoms with Crippen LogP contribution in [0, 0.1) is 11.8 Å². The zero-order chi connectivity index (χ0) is 20.1. The van der Waals surface area contributed by atoms with Crippen LogP contribution in [0.2, 0.25) is 0 Å². The summed E-state index contributed by atoms with van der Waals surface area (Å²) in [6, 6.07) is 5.51. The van der Waals surface area contributed by atoms with Crippen LogP contribution < -0.4 is 10.6 Å². The number of nitrogens with one attached hydrogen (secondary N) is 2. The maximum absolute atomic E-state index is 13.2. The van der Waals surface area contributed by atoms with Crippen LogP contribution in [0.3, 0.4) is 0 Å². The molecule has 4 heterocycles. The van der Waals surface area contributed by atoms with Crippen LogP contribution in [-0.2, 0) is 22.7 Å². The largest absolute Gasteiger partial charge is 0.395 e. The second-order valence-electron chi connectivity index (χ2n) is 8.67. The highest BCUT2D eigenvalue weighted by molar-refractivity contribution is 6.05. The fourth-order valence-electron chi connectivity index (χ4n) is 5.51. The van der Waals surface area contributed by atoms with Gasteiger partial charge in [0.25, 0.3) is 5.91 Å². The van der Waals surface area contributed by atoms with Gasteiger partial charge in [0.15, 0.2) is 0 Å². The van der Waals surface area contributed by atoms with Gasteiger partial charge in [0.2, 0.25) is 11.8 Å². The topological polar surface area (TPSA) is 102 Å². The minimum Gasteiger partial charge on any atom is -0.395 e. The quantitative estimate of drug-likeness (QED) is 0.589. The lowest BCUT2D eigenvalue weighted by Gasteiger charge is -2.29. The number of hydrogen-bond acceptors (Lipinski definition) is 6. The minimum atomic E-state index is -0.581. The predicted molar refractivity (Wildman–Crippen MR) is 104 cm³/mol. The zero-order valence-electron chi connectivity index (χ0n) is 16.3. The summed E-state index contributed by atoms with van der Waals surface area (Å²) in [5.74, 6) is 0.233. The molecular formula is C21H26N4O4. The van der Waals surface area contributed by atoms with Crippen molar-refractivity contribution in [2.45, 2.75) is 38.0 Å². The van der Waals surface area contributed by atoms with E-state index in [0.29, 0.717) is 36.9 Å². The summed E-state index contributed by atoms with van der Waals surface area (Å²) in [6.45, 7) is 4.08. The Morgan fingerprint density at radius 1 is 1.17 bits per heavy atom. The van der Waals surface area contributed by atoms with Gasteiger partial charge in [-0.25, -0.2) is 0 Å². The first-order valence-corrected chi connectivity index (χ1v) is 10.4. The Bertz CT molecular complexity index is 872. The first kappa shape index (κ1) is 18.7. The van der Waals surface area contributed by atoms with Crippen molar-refractivity contribution in [3.8, 4) is 0 Å². The Balaban J connectivity index is 1.33. The molecule has 3 N–H and O–H groups in total. The van der Waals surface area contributed by atoms with Crippen molar-refractivity contribution in [1.82, 2.24) is 20.4 Å². The van der Waals surface area contributed by atoms with Crippen LogP contribution in [0.5, 0.6) is 0 Å². The molecule has 3 amide bonds. The molecule has 4 aliphatic rings. The first-order valence-electron chi connectivity index (χ1n) is 10.4. The fraction of sp³-hybridized carbons (Fsp3) is 0.571. The Hall–Kier alpha value is -2.29. The summed E-state index contributed by atoms with van der Waals surface area (Å²) in [4.78, 5) is 40.9. The van der Waals surface area contributed by atoms with Crippen molar-refractivity contribution < 1.29 is 19.5 Å². The van der Waals surface area contributed by atoms with Gasteiger partial charge in [-0.15, -0.1) is 0 Å². The first-order chi connectivity index (χ1) is 14.0. The maximum Gasteiger partial charge on any atom is 0.255 e. The number of rotatable bonds is 4. The number of aliphatic hydroxyl groups is 1. The number of nitrogens with zero attached hydrogens (tertiary/aromatic N) is 2. The average molecular weight is 398 g/mol. The maximum atomic E-state index is 13.2. The molecule has 29 heavy (non-hydrogen) atoms. The van der Waals surface area contributed by atoms with Gasteiger partial charge in [-0.2, -0.15) is 0 Å². The van der Waals surface area contributed by atoms with E-state index in [1.807, 2.05) is 18.2 Å². The number of carbonyl (C=O) groups is 3. The van der Waals surface area contributed by atoms with E-state index in [1.165, 1.54) is 0 Å². The number of benzene rings is 1. The van der Waals surface area contributed by atoms with E-state index >= 15 is 0 Å². The summed E-state index contributed by atoms with van der Waals surface area (Å²) in [7, 11) is 0. The van der Waals surface area contributed by atoms with Gasteiger partial charge in [0.05, 0.1) is 6.61 Å².